The van der Waals surface area contributed by atoms with E-state index in [0.717, 1.165) is 0 Å². The summed E-state index contributed by atoms with van der Waals surface area (Å²) in [6.45, 7) is 0. The number of nitrogens with one attached hydrogen (secondary N) is 1. The molecule has 0 saturated carbocycles. The number of hydrogen-bond donors (Lipinski definition) is 1. The Balaban J connectivity index is 2.39. The molecule has 1 fully saturated rings. The maximum absolute atomic E-state index is 11.9. The van der Waals surface area contributed by atoms with E-state index in [0.29, 0.717) is 23.4 Å². The highest BCUT2D eigenvalue weighted by molar-refractivity contribution is 6.31. The van der Waals surface area contributed by atoms with Gasteiger partial charge < -0.3 is 0 Å². The number of imide groups is 1. The van der Waals surface area contributed by atoms with Crippen LogP contribution in [0.2, 0.25) is 5.02 Å². The SMILES string of the molecule is O=C1CCCC(c2cc([N+](=O)[O-])ccc2Cl)C(=O)N1. The number of non-ortho nitro benzene ring substituents is 1. The smallest absolute Gasteiger partial charge is 0.269 e. The zero-order valence-electron chi connectivity index (χ0n) is 9.89. The van der Waals surface area contributed by atoms with E-state index < -0.39 is 16.7 Å². The van der Waals surface area contributed by atoms with Crippen molar-refractivity contribution in [3.63, 3.8) is 0 Å². The van der Waals surface area contributed by atoms with Gasteiger partial charge in [0, 0.05) is 23.6 Å². The summed E-state index contributed by atoms with van der Waals surface area (Å²) in [4.78, 5) is 33.4. The maximum Gasteiger partial charge on any atom is 0.269 e. The molecule has 1 saturated heterocycles. The summed E-state index contributed by atoms with van der Waals surface area (Å²) in [5, 5.41) is 13.3. The standard InChI is InChI=1S/C12H11ClN2O4/c13-10-5-4-7(15(18)19)6-9(10)8-2-1-3-11(16)14-12(8)17/h4-6,8H,1-3H2,(H,14,16,17). The second-order valence-electron chi connectivity index (χ2n) is 4.32. The second kappa shape index (κ2) is 5.36. The van der Waals surface area contributed by atoms with Gasteiger partial charge in [0.25, 0.3) is 5.69 Å². The summed E-state index contributed by atoms with van der Waals surface area (Å²) >= 11 is 6.00. The van der Waals surface area contributed by atoms with Gasteiger partial charge in [-0.15, -0.1) is 0 Å². The van der Waals surface area contributed by atoms with Gasteiger partial charge in [-0.05, 0) is 24.5 Å². The number of carbonyl (C=O) groups is 2. The Morgan fingerprint density at radius 1 is 1.37 bits per heavy atom. The Morgan fingerprint density at radius 2 is 2.11 bits per heavy atom. The molecule has 0 aliphatic carbocycles. The monoisotopic (exact) mass is 282 g/mol. The Morgan fingerprint density at radius 3 is 2.79 bits per heavy atom. The molecule has 1 unspecified atom stereocenters. The number of amides is 2. The van der Waals surface area contributed by atoms with Crippen molar-refractivity contribution in [2.24, 2.45) is 0 Å². The Hall–Kier alpha value is -1.95. The zero-order chi connectivity index (χ0) is 14.0. The second-order valence-corrected chi connectivity index (χ2v) is 4.73. The largest absolute Gasteiger partial charge is 0.296 e. The molecule has 2 rings (SSSR count). The Kier molecular flexibility index (Phi) is 3.80. The van der Waals surface area contributed by atoms with Crippen LogP contribution in [0.3, 0.4) is 0 Å². The lowest BCUT2D eigenvalue weighted by atomic mass is 9.93. The van der Waals surface area contributed by atoms with Crippen molar-refractivity contribution >= 4 is 29.1 Å². The fourth-order valence-corrected chi connectivity index (χ4v) is 2.34. The quantitative estimate of drug-likeness (QED) is 0.511. The molecular weight excluding hydrogens is 272 g/mol. The van der Waals surface area contributed by atoms with Crippen LogP contribution < -0.4 is 5.32 Å². The number of carbonyl (C=O) groups excluding carboxylic acids is 2. The predicted molar refractivity (Wildman–Crippen MR) is 67.8 cm³/mol. The van der Waals surface area contributed by atoms with Gasteiger partial charge in [-0.3, -0.25) is 25.0 Å². The van der Waals surface area contributed by atoms with Crippen LogP contribution in [0.4, 0.5) is 5.69 Å². The van der Waals surface area contributed by atoms with Crippen LogP contribution in [-0.2, 0) is 9.59 Å². The molecule has 19 heavy (non-hydrogen) atoms. The van der Waals surface area contributed by atoms with Crippen molar-refractivity contribution in [1.29, 1.82) is 0 Å². The van der Waals surface area contributed by atoms with Gasteiger partial charge in [-0.2, -0.15) is 0 Å². The third kappa shape index (κ3) is 2.90. The van der Waals surface area contributed by atoms with E-state index in [1.54, 1.807) is 0 Å². The summed E-state index contributed by atoms with van der Waals surface area (Å²) in [7, 11) is 0. The normalized spacial score (nSPS) is 19.7. The molecule has 0 bridgehead atoms. The average molecular weight is 283 g/mol. The number of halogens is 1. The lowest BCUT2D eigenvalue weighted by molar-refractivity contribution is -0.384. The first kappa shape index (κ1) is 13.5. The molecule has 1 aromatic carbocycles. The molecule has 0 radical (unpaired) electrons. The molecule has 1 atom stereocenters. The fourth-order valence-electron chi connectivity index (χ4n) is 2.09. The van der Waals surface area contributed by atoms with Crippen molar-refractivity contribution in [1.82, 2.24) is 5.32 Å². The third-order valence-corrected chi connectivity index (χ3v) is 3.39. The van der Waals surface area contributed by atoms with E-state index in [1.165, 1.54) is 18.2 Å². The van der Waals surface area contributed by atoms with Gasteiger partial charge in [0.1, 0.15) is 0 Å². The first-order valence-corrected chi connectivity index (χ1v) is 6.14. The predicted octanol–water partition coefficient (Wildman–Crippen LogP) is 2.16. The molecular formula is C12H11ClN2O4. The lowest BCUT2D eigenvalue weighted by Gasteiger charge is -2.14. The highest BCUT2D eigenvalue weighted by atomic mass is 35.5. The number of benzene rings is 1. The van der Waals surface area contributed by atoms with E-state index in [2.05, 4.69) is 5.32 Å². The maximum atomic E-state index is 11.9. The van der Waals surface area contributed by atoms with E-state index in [-0.39, 0.29) is 18.0 Å². The van der Waals surface area contributed by atoms with Gasteiger partial charge in [0.15, 0.2) is 0 Å². The first-order valence-electron chi connectivity index (χ1n) is 5.76. The molecule has 1 heterocycles. The van der Waals surface area contributed by atoms with Crippen LogP contribution in [-0.4, -0.2) is 16.7 Å². The minimum Gasteiger partial charge on any atom is -0.296 e. The summed E-state index contributed by atoms with van der Waals surface area (Å²) in [6.07, 6.45) is 1.26. The number of nitrogens with zero attached hydrogens (tertiary/aromatic N) is 1. The van der Waals surface area contributed by atoms with Crippen LogP contribution in [0.1, 0.15) is 30.7 Å². The number of nitro groups is 1. The Bertz CT molecular complexity index is 559. The number of nitro benzene ring substituents is 1. The molecule has 1 aromatic rings. The van der Waals surface area contributed by atoms with Gasteiger partial charge in [-0.1, -0.05) is 11.6 Å². The number of rotatable bonds is 2. The first-order chi connectivity index (χ1) is 8.99. The molecule has 1 aliphatic heterocycles. The molecule has 7 heteroatoms. The van der Waals surface area contributed by atoms with E-state index in [4.69, 9.17) is 11.6 Å². The third-order valence-electron chi connectivity index (χ3n) is 3.04. The molecule has 1 N–H and O–H groups in total. The highest BCUT2D eigenvalue weighted by Gasteiger charge is 2.28. The summed E-state index contributed by atoms with van der Waals surface area (Å²) in [5.74, 6) is -1.40. The van der Waals surface area contributed by atoms with Crippen LogP contribution in [0, 0.1) is 10.1 Å². The number of hydrogen-bond acceptors (Lipinski definition) is 4. The molecule has 100 valence electrons. The molecule has 1 aliphatic rings. The fraction of sp³-hybridized carbons (Fsp3) is 0.333. The van der Waals surface area contributed by atoms with Gasteiger partial charge in [0.05, 0.1) is 10.8 Å². The van der Waals surface area contributed by atoms with E-state index in [1.807, 2.05) is 0 Å². The van der Waals surface area contributed by atoms with Crippen LogP contribution >= 0.6 is 11.6 Å². The summed E-state index contributed by atoms with van der Waals surface area (Å²) in [6, 6.07) is 3.98. The van der Waals surface area contributed by atoms with Crippen molar-refractivity contribution in [2.75, 3.05) is 0 Å². The van der Waals surface area contributed by atoms with E-state index in [9.17, 15) is 19.7 Å². The van der Waals surface area contributed by atoms with Gasteiger partial charge >= 0.3 is 0 Å². The Labute approximate surface area is 113 Å². The highest BCUT2D eigenvalue weighted by Crippen LogP contribution is 2.32. The zero-order valence-corrected chi connectivity index (χ0v) is 10.6. The minimum atomic E-state index is -0.626. The van der Waals surface area contributed by atoms with Crippen molar-refractivity contribution in [2.45, 2.75) is 25.2 Å². The van der Waals surface area contributed by atoms with Crippen molar-refractivity contribution in [3.8, 4) is 0 Å². The van der Waals surface area contributed by atoms with Crippen LogP contribution in [0.15, 0.2) is 18.2 Å². The van der Waals surface area contributed by atoms with Gasteiger partial charge in [-0.25, -0.2) is 0 Å². The summed E-state index contributed by atoms with van der Waals surface area (Å²) < 4.78 is 0. The van der Waals surface area contributed by atoms with Gasteiger partial charge in [0.2, 0.25) is 11.8 Å². The van der Waals surface area contributed by atoms with Crippen molar-refractivity contribution < 1.29 is 14.5 Å². The average Bonchev–Trinajstić information content (AvgIpc) is 2.50. The molecule has 0 aromatic heterocycles. The van der Waals surface area contributed by atoms with E-state index >= 15 is 0 Å². The minimum absolute atomic E-state index is 0.122. The van der Waals surface area contributed by atoms with Crippen molar-refractivity contribution in [3.05, 3.63) is 38.9 Å². The summed E-state index contributed by atoms with van der Waals surface area (Å²) in [5.41, 5.74) is 0.269. The van der Waals surface area contributed by atoms with Crippen LogP contribution in [0.5, 0.6) is 0 Å². The molecule has 6 nitrogen and oxygen atoms in total. The lowest BCUT2D eigenvalue weighted by Crippen LogP contribution is -2.31. The topological polar surface area (TPSA) is 89.3 Å². The van der Waals surface area contributed by atoms with Crippen LogP contribution in [0.25, 0.3) is 0 Å². The molecule has 2 amide bonds. The molecule has 0 spiro atoms.